The quantitative estimate of drug-likeness (QED) is 0.772. The number of carbonyl (C=O) groups excluding carboxylic acids is 1. The van der Waals surface area contributed by atoms with Gasteiger partial charge in [0, 0.05) is 30.2 Å². The minimum atomic E-state index is -1.58. The van der Waals surface area contributed by atoms with E-state index in [1.54, 1.807) is 4.31 Å². The highest BCUT2D eigenvalue weighted by molar-refractivity contribution is 7.91. The first kappa shape index (κ1) is 19.5. The van der Waals surface area contributed by atoms with Crippen molar-refractivity contribution in [3.05, 3.63) is 52.5 Å². The third kappa shape index (κ3) is 3.99. The Morgan fingerprint density at radius 3 is 2.68 bits per heavy atom. The molecule has 1 fully saturated rings. The predicted octanol–water partition coefficient (Wildman–Crippen LogP) is 2.78. The number of amides is 1. The van der Waals surface area contributed by atoms with Gasteiger partial charge in [-0.15, -0.1) is 4.72 Å². The van der Waals surface area contributed by atoms with Crippen molar-refractivity contribution in [2.45, 2.75) is 6.92 Å². The highest BCUT2D eigenvalue weighted by atomic mass is 35.5. The minimum Gasteiger partial charge on any atom is -0.568 e. The SMILES string of the molecule is Cc1ccc(-c2ccc3c(c2)C(=O)N[S+]([O-])N3CCN2CCOCC2)c(Cl)c1. The monoisotopic (exact) mass is 419 g/mol. The number of carbonyl (C=O) groups is 1. The summed E-state index contributed by atoms with van der Waals surface area (Å²) in [6, 6.07) is 11.4. The minimum absolute atomic E-state index is 0.332. The highest BCUT2D eigenvalue weighted by Gasteiger charge is 2.34. The lowest BCUT2D eigenvalue weighted by Crippen LogP contribution is -2.51. The molecule has 2 aromatic carbocycles. The molecule has 0 spiro atoms. The number of rotatable bonds is 4. The van der Waals surface area contributed by atoms with E-state index in [0.717, 1.165) is 49.5 Å². The number of hydrogen-bond donors (Lipinski definition) is 1. The number of anilines is 1. The second-order valence-corrected chi connectivity index (χ2v) is 8.50. The van der Waals surface area contributed by atoms with Gasteiger partial charge in [0.2, 0.25) is 0 Å². The summed E-state index contributed by atoms with van der Waals surface area (Å²) in [6.45, 7) is 6.47. The van der Waals surface area contributed by atoms with Crippen LogP contribution in [0.1, 0.15) is 15.9 Å². The van der Waals surface area contributed by atoms with Crippen LogP contribution in [0.3, 0.4) is 0 Å². The molecule has 2 aromatic rings. The fraction of sp³-hybridized carbons (Fsp3) is 0.350. The van der Waals surface area contributed by atoms with Crippen LogP contribution in [0.2, 0.25) is 5.02 Å². The normalized spacial score (nSPS) is 20.0. The molecule has 2 aliphatic heterocycles. The van der Waals surface area contributed by atoms with E-state index in [9.17, 15) is 9.35 Å². The number of halogens is 1. The molecular weight excluding hydrogens is 398 g/mol. The van der Waals surface area contributed by atoms with E-state index in [2.05, 4.69) is 9.62 Å². The zero-order valence-corrected chi connectivity index (χ0v) is 17.2. The summed E-state index contributed by atoms with van der Waals surface area (Å²) in [6.07, 6.45) is 0. The van der Waals surface area contributed by atoms with Gasteiger partial charge in [-0.3, -0.25) is 9.69 Å². The van der Waals surface area contributed by atoms with Crippen molar-refractivity contribution in [1.82, 2.24) is 9.62 Å². The number of fused-ring (bicyclic) bond motifs is 1. The highest BCUT2D eigenvalue weighted by Crippen LogP contribution is 2.34. The Kier molecular flexibility index (Phi) is 5.80. The summed E-state index contributed by atoms with van der Waals surface area (Å²) in [5.41, 5.74) is 4.00. The molecule has 1 amide bonds. The number of nitrogens with one attached hydrogen (secondary N) is 1. The average molecular weight is 420 g/mol. The maximum atomic E-state index is 12.5. The topological polar surface area (TPSA) is 67.9 Å². The fourth-order valence-corrected chi connectivity index (χ4v) is 4.80. The predicted molar refractivity (Wildman–Crippen MR) is 112 cm³/mol. The van der Waals surface area contributed by atoms with Crippen LogP contribution in [0.5, 0.6) is 0 Å². The largest absolute Gasteiger partial charge is 0.568 e. The first-order chi connectivity index (χ1) is 13.5. The molecule has 1 unspecified atom stereocenters. The summed E-state index contributed by atoms with van der Waals surface area (Å²) in [4.78, 5) is 14.8. The molecular formula is C20H22ClN3O3S. The molecule has 28 heavy (non-hydrogen) atoms. The average Bonchev–Trinajstić information content (AvgIpc) is 2.68. The van der Waals surface area contributed by atoms with Gasteiger partial charge in [0.05, 0.1) is 25.3 Å². The molecule has 0 aliphatic carbocycles. The van der Waals surface area contributed by atoms with Crippen LogP contribution in [0.25, 0.3) is 11.1 Å². The van der Waals surface area contributed by atoms with E-state index >= 15 is 0 Å². The summed E-state index contributed by atoms with van der Waals surface area (Å²) in [7, 11) is 0. The molecule has 2 aliphatic rings. The molecule has 6 nitrogen and oxygen atoms in total. The second kappa shape index (κ2) is 8.31. The molecule has 2 heterocycles. The zero-order valence-electron chi connectivity index (χ0n) is 15.6. The molecule has 148 valence electrons. The van der Waals surface area contributed by atoms with Crippen LogP contribution in [-0.4, -0.2) is 54.8 Å². The van der Waals surface area contributed by atoms with E-state index in [0.29, 0.717) is 22.8 Å². The van der Waals surface area contributed by atoms with E-state index < -0.39 is 11.5 Å². The molecule has 0 aromatic heterocycles. The molecule has 1 atom stereocenters. The van der Waals surface area contributed by atoms with Gasteiger partial charge in [-0.05, 0) is 36.2 Å². The Morgan fingerprint density at radius 1 is 1.14 bits per heavy atom. The van der Waals surface area contributed by atoms with Crippen molar-refractivity contribution in [2.75, 3.05) is 43.7 Å². The first-order valence-electron chi connectivity index (χ1n) is 9.24. The number of hydrogen-bond acceptors (Lipinski definition) is 5. The van der Waals surface area contributed by atoms with Crippen molar-refractivity contribution in [1.29, 1.82) is 0 Å². The van der Waals surface area contributed by atoms with Crippen LogP contribution >= 0.6 is 11.6 Å². The molecule has 0 bridgehead atoms. The van der Waals surface area contributed by atoms with Gasteiger partial charge in [-0.2, -0.15) is 4.31 Å². The van der Waals surface area contributed by atoms with Crippen LogP contribution < -0.4 is 9.03 Å². The smallest absolute Gasteiger partial charge is 0.296 e. The van der Waals surface area contributed by atoms with Crippen LogP contribution in [0.15, 0.2) is 36.4 Å². The Labute approximate surface area is 172 Å². The fourth-order valence-electron chi connectivity index (χ4n) is 3.50. The van der Waals surface area contributed by atoms with Crippen LogP contribution in [0, 0.1) is 6.92 Å². The number of morpholine rings is 1. The number of benzene rings is 2. The molecule has 0 saturated carbocycles. The summed E-state index contributed by atoms with van der Waals surface area (Å²) < 4.78 is 22.2. The number of nitrogens with zero attached hydrogens (tertiary/aromatic N) is 2. The lowest BCUT2D eigenvalue weighted by Gasteiger charge is -2.33. The summed E-state index contributed by atoms with van der Waals surface area (Å²) >= 11 is 4.81. The molecule has 1 N–H and O–H groups in total. The van der Waals surface area contributed by atoms with E-state index in [4.69, 9.17) is 16.3 Å². The zero-order chi connectivity index (χ0) is 19.7. The third-order valence-corrected chi connectivity index (χ3v) is 6.50. The standard InChI is InChI=1S/C20H22ClN3O3S/c1-14-2-4-16(18(21)12-14)15-3-5-19-17(13-15)20(25)22-28(26)24(19)7-6-23-8-10-27-11-9-23/h2-5,12-13H,6-11H2,1H3,(H,22,25). The summed E-state index contributed by atoms with van der Waals surface area (Å²) in [5.74, 6) is -0.332. The van der Waals surface area contributed by atoms with E-state index in [1.807, 2.05) is 43.3 Å². The van der Waals surface area contributed by atoms with E-state index in [-0.39, 0.29) is 5.91 Å². The van der Waals surface area contributed by atoms with Crippen LogP contribution in [0.4, 0.5) is 5.69 Å². The van der Waals surface area contributed by atoms with Crippen LogP contribution in [-0.2, 0) is 16.3 Å². The Bertz CT molecular complexity index is 889. The van der Waals surface area contributed by atoms with Gasteiger partial charge in [-0.25, -0.2) is 0 Å². The maximum Gasteiger partial charge on any atom is 0.296 e. The number of ether oxygens (including phenoxy) is 1. The van der Waals surface area contributed by atoms with Gasteiger partial charge in [0.15, 0.2) is 11.5 Å². The second-order valence-electron chi connectivity index (χ2n) is 6.95. The molecule has 4 rings (SSSR count). The van der Waals surface area contributed by atoms with Crippen molar-refractivity contribution in [3.63, 3.8) is 0 Å². The van der Waals surface area contributed by atoms with Gasteiger partial charge < -0.3 is 9.29 Å². The van der Waals surface area contributed by atoms with Crippen molar-refractivity contribution < 1.29 is 14.1 Å². The first-order valence-corrected chi connectivity index (χ1v) is 10.7. The number of aryl methyl sites for hydroxylation is 1. The van der Waals surface area contributed by atoms with Gasteiger partial charge in [0.1, 0.15) is 5.69 Å². The third-order valence-electron chi connectivity index (χ3n) is 5.05. The van der Waals surface area contributed by atoms with Gasteiger partial charge in [0.25, 0.3) is 5.91 Å². The lowest BCUT2D eigenvalue weighted by molar-refractivity contribution is 0.0395. The van der Waals surface area contributed by atoms with E-state index in [1.165, 1.54) is 0 Å². The van der Waals surface area contributed by atoms with Crippen molar-refractivity contribution >= 4 is 34.7 Å². The molecule has 8 heteroatoms. The summed E-state index contributed by atoms with van der Waals surface area (Å²) in [5, 5.41) is 0.643. The molecule has 0 radical (unpaired) electrons. The maximum absolute atomic E-state index is 12.5. The molecule has 1 saturated heterocycles. The lowest BCUT2D eigenvalue weighted by atomic mass is 10.00. The van der Waals surface area contributed by atoms with Crippen molar-refractivity contribution in [3.8, 4) is 11.1 Å². The van der Waals surface area contributed by atoms with Gasteiger partial charge >= 0.3 is 0 Å². The Morgan fingerprint density at radius 2 is 1.93 bits per heavy atom. The van der Waals surface area contributed by atoms with Gasteiger partial charge in [-0.1, -0.05) is 29.8 Å². The Hall–Kier alpha value is -1.77. The van der Waals surface area contributed by atoms with Crippen molar-refractivity contribution in [2.24, 2.45) is 0 Å². The Balaban J connectivity index is 1.60.